The first kappa shape index (κ1) is 15.7. The highest BCUT2D eigenvalue weighted by atomic mass is 16.5. The molecule has 118 valence electrons. The van der Waals surface area contributed by atoms with Crippen molar-refractivity contribution in [3.63, 3.8) is 0 Å². The van der Waals surface area contributed by atoms with Crippen molar-refractivity contribution < 1.29 is 14.3 Å². The fourth-order valence-electron chi connectivity index (χ4n) is 2.45. The molecule has 3 heteroatoms. The molecule has 3 nitrogen and oxygen atoms in total. The van der Waals surface area contributed by atoms with Gasteiger partial charge in [0, 0.05) is 18.1 Å². The zero-order chi connectivity index (χ0) is 16.9. The molecule has 0 N–H and O–H groups in total. The molecule has 24 heavy (non-hydrogen) atoms. The van der Waals surface area contributed by atoms with Crippen LogP contribution in [0.5, 0.6) is 5.75 Å². The minimum absolute atomic E-state index is 0.00681. The standard InChI is InChI=1S/C21H16O3/c1-15(22)24-20-13-11-17(12-14-20)16-7-9-19(10-8-16)21(23)18-5-3-2-4-6-18/h2-14H,1H3. The van der Waals surface area contributed by atoms with Crippen LogP contribution in [-0.4, -0.2) is 11.8 Å². The second-order valence-corrected chi connectivity index (χ2v) is 5.39. The zero-order valence-corrected chi connectivity index (χ0v) is 13.2. The fraction of sp³-hybridized carbons (Fsp3) is 0.0476. The van der Waals surface area contributed by atoms with Gasteiger partial charge >= 0.3 is 5.97 Å². The summed E-state index contributed by atoms with van der Waals surface area (Å²) in [5, 5.41) is 0. The van der Waals surface area contributed by atoms with Crippen molar-refractivity contribution in [1.82, 2.24) is 0 Å². The van der Waals surface area contributed by atoms with Crippen LogP contribution in [0, 0.1) is 0 Å². The maximum absolute atomic E-state index is 12.4. The van der Waals surface area contributed by atoms with Crippen molar-refractivity contribution in [2.75, 3.05) is 0 Å². The average Bonchev–Trinajstić information content (AvgIpc) is 2.62. The maximum atomic E-state index is 12.4. The van der Waals surface area contributed by atoms with Gasteiger partial charge in [-0.2, -0.15) is 0 Å². The molecule has 0 aliphatic rings. The summed E-state index contributed by atoms with van der Waals surface area (Å²) in [6.45, 7) is 1.37. The third-order valence-corrected chi connectivity index (χ3v) is 3.63. The fourth-order valence-corrected chi connectivity index (χ4v) is 2.45. The first-order valence-electron chi connectivity index (χ1n) is 7.62. The summed E-state index contributed by atoms with van der Waals surface area (Å²) in [5.74, 6) is 0.181. The van der Waals surface area contributed by atoms with Crippen molar-refractivity contribution in [1.29, 1.82) is 0 Å². The van der Waals surface area contributed by atoms with Crippen molar-refractivity contribution >= 4 is 11.8 Å². The maximum Gasteiger partial charge on any atom is 0.308 e. The normalized spacial score (nSPS) is 10.2. The smallest absolute Gasteiger partial charge is 0.308 e. The lowest BCUT2D eigenvalue weighted by Gasteiger charge is -2.06. The summed E-state index contributed by atoms with van der Waals surface area (Å²) in [4.78, 5) is 23.3. The van der Waals surface area contributed by atoms with Gasteiger partial charge in [0.25, 0.3) is 0 Å². The third kappa shape index (κ3) is 3.58. The van der Waals surface area contributed by atoms with Gasteiger partial charge in [-0.05, 0) is 23.3 Å². The van der Waals surface area contributed by atoms with E-state index in [0.29, 0.717) is 16.9 Å². The van der Waals surface area contributed by atoms with Gasteiger partial charge in [0.05, 0.1) is 0 Å². The van der Waals surface area contributed by atoms with Crippen molar-refractivity contribution in [3.05, 3.63) is 90.0 Å². The zero-order valence-electron chi connectivity index (χ0n) is 13.2. The van der Waals surface area contributed by atoms with E-state index in [2.05, 4.69) is 0 Å². The molecule has 3 aromatic rings. The van der Waals surface area contributed by atoms with Crippen LogP contribution in [0.25, 0.3) is 11.1 Å². The number of ketones is 1. The van der Waals surface area contributed by atoms with E-state index in [1.165, 1.54) is 6.92 Å². The molecule has 3 rings (SSSR count). The van der Waals surface area contributed by atoms with E-state index in [-0.39, 0.29) is 11.8 Å². The van der Waals surface area contributed by atoms with Crippen molar-refractivity contribution in [2.24, 2.45) is 0 Å². The van der Waals surface area contributed by atoms with E-state index in [9.17, 15) is 9.59 Å². The van der Waals surface area contributed by atoms with E-state index in [0.717, 1.165) is 11.1 Å². The van der Waals surface area contributed by atoms with Gasteiger partial charge in [0.1, 0.15) is 5.75 Å². The van der Waals surface area contributed by atoms with Crippen LogP contribution >= 0.6 is 0 Å². The lowest BCUT2D eigenvalue weighted by Crippen LogP contribution is -2.01. The van der Waals surface area contributed by atoms with E-state index >= 15 is 0 Å². The van der Waals surface area contributed by atoms with Gasteiger partial charge in [0.15, 0.2) is 5.78 Å². The summed E-state index contributed by atoms with van der Waals surface area (Å²) in [7, 11) is 0. The first-order chi connectivity index (χ1) is 11.6. The number of carbonyl (C=O) groups excluding carboxylic acids is 2. The van der Waals surface area contributed by atoms with Crippen LogP contribution in [-0.2, 0) is 4.79 Å². The Morgan fingerprint density at radius 1 is 0.667 bits per heavy atom. The number of esters is 1. The summed E-state index contributed by atoms with van der Waals surface area (Å²) >= 11 is 0. The molecule has 0 aliphatic carbocycles. The Balaban J connectivity index is 1.79. The van der Waals surface area contributed by atoms with E-state index in [1.54, 1.807) is 12.1 Å². The van der Waals surface area contributed by atoms with Gasteiger partial charge in [-0.25, -0.2) is 0 Å². The van der Waals surface area contributed by atoms with E-state index in [4.69, 9.17) is 4.74 Å². The number of hydrogen-bond donors (Lipinski definition) is 0. The Hall–Kier alpha value is -3.20. The second-order valence-electron chi connectivity index (χ2n) is 5.39. The monoisotopic (exact) mass is 316 g/mol. The minimum atomic E-state index is -0.341. The topological polar surface area (TPSA) is 43.4 Å². The quantitative estimate of drug-likeness (QED) is 0.404. The molecule has 0 saturated carbocycles. The minimum Gasteiger partial charge on any atom is -0.427 e. The van der Waals surface area contributed by atoms with E-state index < -0.39 is 0 Å². The van der Waals surface area contributed by atoms with Crippen LogP contribution in [0.4, 0.5) is 0 Å². The molecule has 0 amide bonds. The highest BCUT2D eigenvalue weighted by Crippen LogP contribution is 2.23. The van der Waals surface area contributed by atoms with Gasteiger partial charge in [-0.3, -0.25) is 9.59 Å². The first-order valence-corrected chi connectivity index (χ1v) is 7.62. The summed E-state index contributed by atoms with van der Waals surface area (Å²) in [6.07, 6.45) is 0. The van der Waals surface area contributed by atoms with Gasteiger partial charge < -0.3 is 4.74 Å². The van der Waals surface area contributed by atoms with Crippen LogP contribution in [0.15, 0.2) is 78.9 Å². The lowest BCUT2D eigenvalue weighted by molar-refractivity contribution is -0.131. The van der Waals surface area contributed by atoms with Crippen LogP contribution in [0.1, 0.15) is 22.8 Å². The molecule has 0 aliphatic heterocycles. The number of hydrogen-bond acceptors (Lipinski definition) is 3. The summed E-state index contributed by atoms with van der Waals surface area (Å²) in [5.41, 5.74) is 3.32. The van der Waals surface area contributed by atoms with Crippen LogP contribution in [0.3, 0.4) is 0 Å². The Kier molecular flexibility index (Phi) is 4.52. The highest BCUT2D eigenvalue weighted by molar-refractivity contribution is 6.09. The van der Waals surface area contributed by atoms with E-state index in [1.807, 2.05) is 66.7 Å². The number of rotatable bonds is 4. The molecule has 0 atom stereocenters. The second kappa shape index (κ2) is 6.92. The van der Waals surface area contributed by atoms with Crippen molar-refractivity contribution in [3.8, 4) is 16.9 Å². The molecule has 0 spiro atoms. The summed E-state index contributed by atoms with van der Waals surface area (Å²) < 4.78 is 5.02. The molecule has 0 radical (unpaired) electrons. The molecule has 3 aromatic carbocycles. The predicted molar refractivity (Wildman–Crippen MR) is 93.1 cm³/mol. The van der Waals surface area contributed by atoms with Gasteiger partial charge in [0.2, 0.25) is 0 Å². The Morgan fingerprint density at radius 2 is 1.17 bits per heavy atom. The molecular formula is C21H16O3. The number of benzene rings is 3. The Labute approximate surface area is 140 Å². The van der Waals surface area contributed by atoms with Gasteiger partial charge in [-0.15, -0.1) is 0 Å². The van der Waals surface area contributed by atoms with Gasteiger partial charge in [-0.1, -0.05) is 66.7 Å². The molecule has 0 heterocycles. The van der Waals surface area contributed by atoms with Crippen LogP contribution < -0.4 is 4.74 Å². The lowest BCUT2D eigenvalue weighted by atomic mass is 9.99. The highest BCUT2D eigenvalue weighted by Gasteiger charge is 2.08. The predicted octanol–water partition coefficient (Wildman–Crippen LogP) is 4.51. The summed E-state index contributed by atoms with van der Waals surface area (Å²) in [6, 6.07) is 24.0. The Morgan fingerprint density at radius 3 is 1.71 bits per heavy atom. The Bertz CT molecular complexity index is 848. The third-order valence-electron chi connectivity index (χ3n) is 3.63. The molecule has 0 bridgehead atoms. The number of carbonyl (C=O) groups is 2. The van der Waals surface area contributed by atoms with Crippen molar-refractivity contribution in [2.45, 2.75) is 6.92 Å². The van der Waals surface area contributed by atoms with Crippen LogP contribution in [0.2, 0.25) is 0 Å². The average molecular weight is 316 g/mol. The molecule has 0 unspecified atom stereocenters. The largest absolute Gasteiger partial charge is 0.427 e. The molecule has 0 fully saturated rings. The SMILES string of the molecule is CC(=O)Oc1ccc(-c2ccc(C(=O)c3ccccc3)cc2)cc1. The molecular weight excluding hydrogens is 300 g/mol. The molecule has 0 aromatic heterocycles. The number of ether oxygens (including phenoxy) is 1. The molecule has 0 saturated heterocycles.